The molecule has 0 radical (unpaired) electrons. The number of carbonyl (C=O) groups excluding carboxylic acids is 1. The minimum Gasteiger partial charge on any atom is -0.347 e. The molecule has 5 nitrogen and oxygen atoms in total. The van der Waals surface area contributed by atoms with Gasteiger partial charge in [0, 0.05) is 19.4 Å². The van der Waals surface area contributed by atoms with Crippen molar-refractivity contribution in [2.24, 2.45) is 5.73 Å². The third-order valence-corrected chi connectivity index (χ3v) is 2.50. The van der Waals surface area contributed by atoms with Gasteiger partial charge in [-0.05, 0) is 6.42 Å². The topological polar surface area (TPSA) is 75.0 Å². The van der Waals surface area contributed by atoms with Gasteiger partial charge in [0.25, 0.3) is 0 Å². The van der Waals surface area contributed by atoms with Gasteiger partial charge in [-0.2, -0.15) is 0 Å². The summed E-state index contributed by atoms with van der Waals surface area (Å²) in [5, 5.41) is 0. The Labute approximate surface area is 96.0 Å². The molecule has 0 bridgehead atoms. The van der Waals surface area contributed by atoms with Crippen molar-refractivity contribution in [1.82, 2.24) is 14.9 Å². The van der Waals surface area contributed by atoms with Crippen LogP contribution in [-0.4, -0.2) is 33.9 Å². The fourth-order valence-electron chi connectivity index (χ4n) is 1.52. The van der Waals surface area contributed by atoms with E-state index in [-0.39, 0.29) is 11.9 Å². The second-order valence-corrected chi connectivity index (χ2v) is 3.98. The minimum absolute atomic E-state index is 0.0233. The zero-order valence-electron chi connectivity index (χ0n) is 9.94. The second kappa shape index (κ2) is 6.27. The summed E-state index contributed by atoms with van der Waals surface area (Å²) >= 11 is 0. The van der Waals surface area contributed by atoms with Gasteiger partial charge in [0.1, 0.15) is 5.82 Å². The average Bonchev–Trinajstić information content (AvgIpc) is 2.77. The molecule has 0 spiro atoms. The Morgan fingerprint density at radius 3 is 3.00 bits per heavy atom. The van der Waals surface area contributed by atoms with Crippen LogP contribution in [0.2, 0.25) is 0 Å². The number of nitrogens with two attached hydrogens (primary N) is 1. The minimum atomic E-state index is -0.389. The molecule has 3 N–H and O–H groups in total. The van der Waals surface area contributed by atoms with Crippen LogP contribution in [0.1, 0.15) is 32.0 Å². The molecule has 0 aliphatic rings. The number of aromatic nitrogens is 2. The van der Waals surface area contributed by atoms with E-state index >= 15 is 0 Å². The summed E-state index contributed by atoms with van der Waals surface area (Å²) in [6.45, 7) is 2.56. The maximum atomic E-state index is 11.8. The molecule has 1 unspecified atom stereocenters. The highest BCUT2D eigenvalue weighted by Crippen LogP contribution is 2.03. The molecule has 1 aromatic heterocycles. The van der Waals surface area contributed by atoms with Crippen molar-refractivity contribution in [1.29, 1.82) is 0 Å². The summed E-state index contributed by atoms with van der Waals surface area (Å²) in [5.41, 5.74) is 5.81. The zero-order chi connectivity index (χ0) is 12.0. The number of unbranched alkanes of at least 4 members (excludes halogenated alkanes) is 1. The van der Waals surface area contributed by atoms with Crippen molar-refractivity contribution in [2.75, 3.05) is 7.05 Å². The zero-order valence-corrected chi connectivity index (χ0v) is 9.94. The lowest BCUT2D eigenvalue weighted by molar-refractivity contribution is -0.132. The summed E-state index contributed by atoms with van der Waals surface area (Å²) in [7, 11) is 1.75. The van der Waals surface area contributed by atoms with Gasteiger partial charge in [-0.3, -0.25) is 4.79 Å². The van der Waals surface area contributed by atoms with Crippen LogP contribution in [0, 0.1) is 0 Å². The van der Waals surface area contributed by atoms with Crippen LogP contribution in [0.4, 0.5) is 0 Å². The van der Waals surface area contributed by atoms with Gasteiger partial charge < -0.3 is 15.6 Å². The monoisotopic (exact) mass is 224 g/mol. The molecule has 0 aromatic carbocycles. The number of carbonyl (C=O) groups is 1. The molecule has 0 aliphatic heterocycles. The van der Waals surface area contributed by atoms with Gasteiger partial charge >= 0.3 is 0 Å². The van der Waals surface area contributed by atoms with Gasteiger partial charge in [0.05, 0.1) is 12.6 Å². The van der Waals surface area contributed by atoms with Crippen molar-refractivity contribution in [3.8, 4) is 0 Å². The highest BCUT2D eigenvalue weighted by molar-refractivity contribution is 5.81. The number of likely N-dealkylation sites (N-methyl/N-ethyl adjacent to an activating group) is 1. The van der Waals surface area contributed by atoms with Crippen LogP contribution in [0.15, 0.2) is 12.4 Å². The molecule has 1 rings (SSSR count). The molecule has 1 heterocycles. The predicted octanol–water partition coefficient (Wildman–Crippen LogP) is 0.886. The highest BCUT2D eigenvalue weighted by atomic mass is 16.2. The summed E-state index contributed by atoms with van der Waals surface area (Å²) in [6.07, 6.45) is 6.21. The van der Waals surface area contributed by atoms with Crippen LogP contribution >= 0.6 is 0 Å². The molecule has 5 heteroatoms. The first kappa shape index (κ1) is 12.7. The van der Waals surface area contributed by atoms with Gasteiger partial charge in [-0.1, -0.05) is 19.8 Å². The molecule has 0 aliphatic carbocycles. The first-order valence-electron chi connectivity index (χ1n) is 5.64. The van der Waals surface area contributed by atoms with Crippen molar-refractivity contribution < 1.29 is 4.79 Å². The summed E-state index contributed by atoms with van der Waals surface area (Å²) in [5.74, 6) is 0.753. The Hall–Kier alpha value is -1.36. The van der Waals surface area contributed by atoms with E-state index in [4.69, 9.17) is 5.73 Å². The molecular weight excluding hydrogens is 204 g/mol. The largest absolute Gasteiger partial charge is 0.347 e. The van der Waals surface area contributed by atoms with E-state index in [1.54, 1.807) is 24.3 Å². The number of rotatable bonds is 6. The van der Waals surface area contributed by atoms with Crippen LogP contribution in [0.5, 0.6) is 0 Å². The number of nitrogens with one attached hydrogen (secondary N) is 1. The van der Waals surface area contributed by atoms with Crippen LogP contribution in [0.25, 0.3) is 0 Å². The molecule has 90 valence electrons. The smallest absolute Gasteiger partial charge is 0.239 e. The Bertz CT molecular complexity index is 310. The quantitative estimate of drug-likeness (QED) is 0.753. The molecule has 1 amide bonds. The summed E-state index contributed by atoms with van der Waals surface area (Å²) < 4.78 is 0. The number of hydrogen-bond donors (Lipinski definition) is 2. The number of amides is 1. The van der Waals surface area contributed by atoms with Crippen molar-refractivity contribution >= 4 is 5.91 Å². The fraction of sp³-hybridized carbons (Fsp3) is 0.636. The van der Waals surface area contributed by atoms with Crippen LogP contribution in [-0.2, 0) is 11.3 Å². The maximum absolute atomic E-state index is 11.8. The fourth-order valence-corrected chi connectivity index (χ4v) is 1.52. The molecule has 0 fully saturated rings. The van der Waals surface area contributed by atoms with Crippen LogP contribution in [0.3, 0.4) is 0 Å². The Balaban J connectivity index is 2.41. The number of H-pyrrole nitrogens is 1. The number of aromatic amines is 1. The molecule has 1 aromatic rings. The van der Waals surface area contributed by atoms with Gasteiger partial charge in [0.2, 0.25) is 5.91 Å². The highest BCUT2D eigenvalue weighted by Gasteiger charge is 2.17. The van der Waals surface area contributed by atoms with E-state index in [9.17, 15) is 4.79 Å². The first-order chi connectivity index (χ1) is 7.65. The number of nitrogens with zero attached hydrogens (tertiary/aromatic N) is 2. The third kappa shape index (κ3) is 3.66. The SMILES string of the molecule is CCCCC(N)C(=O)N(C)Cc1ncc[nH]1. The van der Waals surface area contributed by atoms with Crippen molar-refractivity contribution in [3.63, 3.8) is 0 Å². The van der Waals surface area contributed by atoms with Gasteiger partial charge in [-0.25, -0.2) is 4.98 Å². The van der Waals surface area contributed by atoms with E-state index < -0.39 is 0 Å². The Kier molecular flexibility index (Phi) is 4.98. The third-order valence-electron chi connectivity index (χ3n) is 2.50. The molecule has 0 saturated carbocycles. The van der Waals surface area contributed by atoms with Gasteiger partial charge in [0.15, 0.2) is 0 Å². The lowest BCUT2D eigenvalue weighted by Crippen LogP contribution is -2.41. The van der Waals surface area contributed by atoms with E-state index in [0.717, 1.165) is 25.1 Å². The van der Waals surface area contributed by atoms with Gasteiger partial charge in [-0.15, -0.1) is 0 Å². The molecule has 0 saturated heterocycles. The molecule has 16 heavy (non-hydrogen) atoms. The number of hydrogen-bond acceptors (Lipinski definition) is 3. The lowest BCUT2D eigenvalue weighted by Gasteiger charge is -2.20. The van der Waals surface area contributed by atoms with E-state index in [1.165, 1.54) is 0 Å². The average molecular weight is 224 g/mol. The Morgan fingerprint density at radius 1 is 1.69 bits per heavy atom. The summed E-state index contributed by atoms with van der Waals surface area (Å²) in [6, 6.07) is -0.389. The Morgan fingerprint density at radius 2 is 2.44 bits per heavy atom. The van der Waals surface area contributed by atoms with Crippen molar-refractivity contribution in [2.45, 2.75) is 38.8 Å². The van der Waals surface area contributed by atoms with E-state index in [2.05, 4.69) is 16.9 Å². The summed E-state index contributed by atoms with van der Waals surface area (Å²) in [4.78, 5) is 20.5. The molecular formula is C11H20N4O. The molecule has 1 atom stereocenters. The van der Waals surface area contributed by atoms with E-state index in [1.807, 2.05) is 0 Å². The number of imidazole rings is 1. The second-order valence-electron chi connectivity index (χ2n) is 3.98. The lowest BCUT2D eigenvalue weighted by atomic mass is 10.1. The van der Waals surface area contributed by atoms with Crippen LogP contribution < -0.4 is 5.73 Å². The normalized spacial score (nSPS) is 12.4. The van der Waals surface area contributed by atoms with Crippen molar-refractivity contribution in [3.05, 3.63) is 18.2 Å². The predicted molar refractivity (Wildman–Crippen MR) is 62.6 cm³/mol. The maximum Gasteiger partial charge on any atom is 0.239 e. The van der Waals surface area contributed by atoms with E-state index in [0.29, 0.717) is 6.54 Å². The first-order valence-corrected chi connectivity index (χ1v) is 5.64. The standard InChI is InChI=1S/C11H20N4O/c1-3-4-5-9(12)11(16)15(2)8-10-13-6-7-14-10/h6-7,9H,3-5,8,12H2,1-2H3,(H,13,14).